The summed E-state index contributed by atoms with van der Waals surface area (Å²) in [4.78, 5) is 21.1. The summed E-state index contributed by atoms with van der Waals surface area (Å²) in [6.45, 7) is 2.54. The number of halogens is 1. The molecule has 0 radical (unpaired) electrons. The minimum atomic E-state index is -0.205. The van der Waals surface area contributed by atoms with Crippen molar-refractivity contribution in [3.05, 3.63) is 26.3 Å². The van der Waals surface area contributed by atoms with Gasteiger partial charge in [-0.05, 0) is 23.0 Å². The third kappa shape index (κ3) is 2.97. The summed E-state index contributed by atoms with van der Waals surface area (Å²) in [5.74, 6) is 0.557. The molecule has 0 saturated carbocycles. The van der Waals surface area contributed by atoms with E-state index in [0.717, 1.165) is 13.1 Å². The van der Waals surface area contributed by atoms with Gasteiger partial charge in [0.25, 0.3) is 5.56 Å². The molecular weight excluding hydrogens is 302 g/mol. The van der Waals surface area contributed by atoms with Crippen LogP contribution in [0.5, 0.6) is 0 Å². The van der Waals surface area contributed by atoms with E-state index in [4.69, 9.17) is 9.47 Å². The van der Waals surface area contributed by atoms with Crippen LogP contribution in [0.3, 0.4) is 0 Å². The number of methoxy groups -OCH3 is 1. The SMILES string of the molecule is COCc1nc(C2CN(C)CCO2)[nH]c(=O)c1Br. The molecule has 2 heterocycles. The molecule has 1 fully saturated rings. The van der Waals surface area contributed by atoms with E-state index in [1.807, 2.05) is 7.05 Å². The minimum absolute atomic E-state index is 0.194. The Kier molecular flexibility index (Phi) is 4.50. The molecule has 1 aromatic rings. The highest BCUT2D eigenvalue weighted by Crippen LogP contribution is 2.19. The molecule has 2 rings (SSSR count). The number of aromatic amines is 1. The number of likely N-dealkylation sites (N-methyl/N-ethyl adjacent to an activating group) is 1. The summed E-state index contributed by atoms with van der Waals surface area (Å²) in [5, 5.41) is 0. The molecule has 18 heavy (non-hydrogen) atoms. The number of nitrogens with zero attached hydrogens (tertiary/aromatic N) is 2. The lowest BCUT2D eigenvalue weighted by atomic mass is 10.2. The molecule has 6 nitrogen and oxygen atoms in total. The standard InChI is InChI=1S/C11H16BrN3O3/c1-15-3-4-18-8(5-15)10-13-7(6-17-2)9(12)11(16)14-10/h8H,3-6H2,1-2H3,(H,13,14,16). The zero-order valence-corrected chi connectivity index (χ0v) is 12.0. The molecule has 1 atom stereocenters. The van der Waals surface area contributed by atoms with Crippen LogP contribution in [0.15, 0.2) is 9.27 Å². The van der Waals surface area contributed by atoms with Crippen molar-refractivity contribution in [2.45, 2.75) is 12.7 Å². The lowest BCUT2D eigenvalue weighted by Gasteiger charge is -2.29. The van der Waals surface area contributed by atoms with Crippen LogP contribution < -0.4 is 5.56 Å². The van der Waals surface area contributed by atoms with E-state index in [9.17, 15) is 4.79 Å². The van der Waals surface area contributed by atoms with E-state index in [0.29, 0.717) is 29.2 Å². The van der Waals surface area contributed by atoms with Gasteiger partial charge in [0.05, 0.1) is 18.9 Å². The van der Waals surface area contributed by atoms with Gasteiger partial charge in [0.1, 0.15) is 16.4 Å². The van der Waals surface area contributed by atoms with Gasteiger partial charge in [-0.3, -0.25) is 4.79 Å². The van der Waals surface area contributed by atoms with Gasteiger partial charge in [0.15, 0.2) is 0 Å². The van der Waals surface area contributed by atoms with Gasteiger partial charge in [-0.1, -0.05) is 0 Å². The molecule has 0 aromatic carbocycles. The maximum absolute atomic E-state index is 11.8. The monoisotopic (exact) mass is 317 g/mol. The number of hydrogen-bond donors (Lipinski definition) is 1. The second kappa shape index (κ2) is 5.92. The number of ether oxygens (including phenoxy) is 2. The van der Waals surface area contributed by atoms with Gasteiger partial charge < -0.3 is 19.4 Å². The van der Waals surface area contributed by atoms with Gasteiger partial charge in [0.2, 0.25) is 0 Å². The highest BCUT2D eigenvalue weighted by molar-refractivity contribution is 9.10. The Balaban J connectivity index is 2.30. The number of rotatable bonds is 3. The minimum Gasteiger partial charge on any atom is -0.378 e. The fraction of sp³-hybridized carbons (Fsp3) is 0.636. The molecule has 1 unspecified atom stereocenters. The molecule has 1 aliphatic rings. The molecule has 1 aromatic heterocycles. The highest BCUT2D eigenvalue weighted by Gasteiger charge is 2.23. The van der Waals surface area contributed by atoms with Crippen molar-refractivity contribution < 1.29 is 9.47 Å². The van der Waals surface area contributed by atoms with Crippen LogP contribution in [0.4, 0.5) is 0 Å². The summed E-state index contributed by atoms with van der Waals surface area (Å²) >= 11 is 3.21. The first-order valence-corrected chi connectivity index (χ1v) is 6.48. The van der Waals surface area contributed by atoms with Crippen LogP contribution in [0, 0.1) is 0 Å². The lowest BCUT2D eigenvalue weighted by molar-refractivity contribution is -0.0258. The summed E-state index contributed by atoms with van der Waals surface area (Å²) in [7, 11) is 3.59. The van der Waals surface area contributed by atoms with E-state index in [-0.39, 0.29) is 11.7 Å². The van der Waals surface area contributed by atoms with Gasteiger partial charge in [-0.25, -0.2) is 4.98 Å². The van der Waals surface area contributed by atoms with E-state index >= 15 is 0 Å². The van der Waals surface area contributed by atoms with Gasteiger partial charge in [-0.2, -0.15) is 0 Å². The Hall–Kier alpha value is -0.760. The van der Waals surface area contributed by atoms with Gasteiger partial charge >= 0.3 is 0 Å². The average molecular weight is 318 g/mol. The van der Waals surface area contributed by atoms with Crippen LogP contribution in [0.2, 0.25) is 0 Å². The first-order valence-electron chi connectivity index (χ1n) is 5.69. The second-order valence-electron chi connectivity index (χ2n) is 4.27. The molecule has 7 heteroatoms. The summed E-state index contributed by atoms with van der Waals surface area (Å²) in [6, 6.07) is 0. The Morgan fingerprint density at radius 2 is 2.44 bits per heavy atom. The predicted octanol–water partition coefficient (Wildman–Crippen LogP) is 0.682. The topological polar surface area (TPSA) is 67.5 Å². The number of hydrogen-bond acceptors (Lipinski definition) is 5. The number of H-pyrrole nitrogens is 1. The van der Waals surface area contributed by atoms with E-state index in [1.165, 1.54) is 0 Å². The van der Waals surface area contributed by atoms with Crippen molar-refractivity contribution >= 4 is 15.9 Å². The molecule has 1 N–H and O–H groups in total. The van der Waals surface area contributed by atoms with Gasteiger partial charge in [0, 0.05) is 20.2 Å². The molecule has 100 valence electrons. The van der Waals surface area contributed by atoms with Crippen molar-refractivity contribution in [2.75, 3.05) is 33.9 Å². The van der Waals surface area contributed by atoms with Crippen molar-refractivity contribution in [1.29, 1.82) is 0 Å². The smallest absolute Gasteiger partial charge is 0.265 e. The zero-order valence-electron chi connectivity index (χ0n) is 10.4. The Bertz CT molecular complexity index is 477. The Morgan fingerprint density at radius 3 is 3.11 bits per heavy atom. The van der Waals surface area contributed by atoms with Crippen LogP contribution in [0.25, 0.3) is 0 Å². The average Bonchev–Trinajstić information content (AvgIpc) is 2.35. The van der Waals surface area contributed by atoms with Gasteiger partial charge in [-0.15, -0.1) is 0 Å². The molecule has 0 spiro atoms. The maximum Gasteiger partial charge on any atom is 0.265 e. The van der Waals surface area contributed by atoms with E-state index in [1.54, 1.807) is 7.11 Å². The number of aromatic nitrogens is 2. The van der Waals surface area contributed by atoms with E-state index < -0.39 is 0 Å². The van der Waals surface area contributed by atoms with Crippen LogP contribution in [0.1, 0.15) is 17.6 Å². The normalized spacial score (nSPS) is 21.2. The second-order valence-corrected chi connectivity index (χ2v) is 5.06. The third-order valence-electron chi connectivity index (χ3n) is 2.81. The zero-order chi connectivity index (χ0) is 13.1. The molecule has 0 amide bonds. The number of morpholine rings is 1. The van der Waals surface area contributed by atoms with Crippen molar-refractivity contribution in [3.8, 4) is 0 Å². The highest BCUT2D eigenvalue weighted by atomic mass is 79.9. The quantitative estimate of drug-likeness (QED) is 0.888. The summed E-state index contributed by atoms with van der Waals surface area (Å²) in [6.07, 6.45) is -0.194. The molecule has 1 aliphatic heterocycles. The van der Waals surface area contributed by atoms with Crippen LogP contribution in [-0.2, 0) is 16.1 Å². The van der Waals surface area contributed by atoms with Crippen molar-refractivity contribution in [1.82, 2.24) is 14.9 Å². The van der Waals surface area contributed by atoms with Crippen LogP contribution in [-0.4, -0.2) is 48.7 Å². The Morgan fingerprint density at radius 1 is 1.67 bits per heavy atom. The third-order valence-corrected chi connectivity index (χ3v) is 3.62. The van der Waals surface area contributed by atoms with Crippen molar-refractivity contribution in [3.63, 3.8) is 0 Å². The molecule has 1 saturated heterocycles. The summed E-state index contributed by atoms with van der Waals surface area (Å²) < 4.78 is 11.1. The predicted molar refractivity (Wildman–Crippen MR) is 69.5 cm³/mol. The summed E-state index contributed by atoms with van der Waals surface area (Å²) in [5.41, 5.74) is 0.386. The van der Waals surface area contributed by atoms with Crippen molar-refractivity contribution in [2.24, 2.45) is 0 Å². The van der Waals surface area contributed by atoms with Crippen LogP contribution >= 0.6 is 15.9 Å². The largest absolute Gasteiger partial charge is 0.378 e. The molecule has 0 bridgehead atoms. The Labute approximate surface area is 113 Å². The fourth-order valence-corrected chi connectivity index (χ4v) is 2.16. The first-order chi connectivity index (χ1) is 8.61. The first kappa shape index (κ1) is 13.7. The van der Waals surface area contributed by atoms with E-state index in [2.05, 4.69) is 30.8 Å². The number of nitrogens with one attached hydrogen (secondary N) is 1. The molecule has 0 aliphatic carbocycles. The lowest BCUT2D eigenvalue weighted by Crippen LogP contribution is -2.37. The maximum atomic E-state index is 11.8. The fourth-order valence-electron chi connectivity index (χ4n) is 1.85. The molecular formula is C11H16BrN3O3.